The third-order valence-corrected chi connectivity index (χ3v) is 7.26. The summed E-state index contributed by atoms with van der Waals surface area (Å²) < 4.78 is 41.7. The number of hydrogen-bond acceptors (Lipinski definition) is 10. The Hall–Kier alpha value is -4.07. The highest BCUT2D eigenvalue weighted by Gasteiger charge is 2.22. The predicted octanol–water partition coefficient (Wildman–Crippen LogP) is 4.46. The lowest BCUT2D eigenvalue weighted by Gasteiger charge is -2.13. The van der Waals surface area contributed by atoms with Crippen molar-refractivity contribution in [2.45, 2.75) is 17.0 Å². The molecule has 4 rings (SSSR count). The number of ether oxygens (including phenoxy) is 1. The summed E-state index contributed by atoms with van der Waals surface area (Å²) in [5.74, 6) is -0.862. The topological polar surface area (TPSA) is 149 Å². The number of hydrazone groups is 1. The van der Waals surface area contributed by atoms with E-state index in [1.807, 2.05) is 18.2 Å². The number of halogens is 1. The molecule has 0 bridgehead atoms. The second-order valence-electron chi connectivity index (χ2n) is 7.81. The van der Waals surface area contributed by atoms with Crippen molar-refractivity contribution in [3.8, 4) is 11.5 Å². The lowest BCUT2D eigenvalue weighted by atomic mass is 10.2. The number of fused-ring (bicyclic) bond motifs is 1. The quantitative estimate of drug-likeness (QED) is 0.118. The van der Waals surface area contributed by atoms with Crippen LogP contribution in [0.25, 0.3) is 11.1 Å². The smallest absolute Gasteiger partial charge is 0.339 e. The summed E-state index contributed by atoms with van der Waals surface area (Å²) in [7, 11) is -2.96. The molecule has 0 aliphatic heterocycles. The molecule has 4 aromatic rings. The maximum Gasteiger partial charge on any atom is 0.339 e. The number of amides is 2. The normalized spacial score (nSPS) is 11.5. The van der Waals surface area contributed by atoms with Gasteiger partial charge in [-0.3, -0.25) is 9.59 Å². The SMILES string of the molecule is COc1cc(/C=N\NC(=O)CSc2nc3ccccc3o2)cc(Cl)c1OS(=O)(=O)c1ccc(NC(C)=O)cc1. The van der Waals surface area contributed by atoms with Crippen molar-refractivity contribution >= 4 is 68.3 Å². The van der Waals surface area contributed by atoms with Crippen molar-refractivity contribution in [2.75, 3.05) is 18.2 Å². The number of rotatable bonds is 10. The van der Waals surface area contributed by atoms with Crippen molar-refractivity contribution in [2.24, 2.45) is 5.10 Å². The fourth-order valence-corrected chi connectivity index (χ4v) is 5.10. The molecule has 2 N–H and O–H groups in total. The second-order valence-corrected chi connectivity index (χ2v) is 10.7. The number of benzene rings is 3. The standard InChI is InChI=1S/C25H21ClN4O7S2/c1-15(31)28-17-7-9-18(10-8-17)39(33,34)37-24-19(26)11-16(12-22(24)35-2)13-27-30-23(32)14-38-25-29-20-5-3-4-6-21(20)36-25/h3-13H,14H2,1-2H3,(H,28,31)(H,30,32)/b27-13-. The first-order chi connectivity index (χ1) is 18.6. The Bertz CT molecular complexity index is 1620. The van der Waals surface area contributed by atoms with Gasteiger partial charge in [0.1, 0.15) is 10.4 Å². The molecular formula is C25H21ClN4O7S2. The van der Waals surface area contributed by atoms with Crippen LogP contribution in [-0.4, -0.2) is 44.3 Å². The van der Waals surface area contributed by atoms with Gasteiger partial charge >= 0.3 is 10.1 Å². The zero-order chi connectivity index (χ0) is 28.0. The van der Waals surface area contributed by atoms with Crippen molar-refractivity contribution in [3.63, 3.8) is 0 Å². The number of nitrogens with one attached hydrogen (secondary N) is 2. The molecule has 202 valence electrons. The Kier molecular flexibility index (Phi) is 8.74. The molecule has 0 fully saturated rings. The Labute approximate surface area is 232 Å². The maximum absolute atomic E-state index is 12.8. The first-order valence-electron chi connectivity index (χ1n) is 11.1. The van der Waals surface area contributed by atoms with Crippen LogP contribution in [0.4, 0.5) is 5.69 Å². The lowest BCUT2D eigenvalue weighted by Crippen LogP contribution is -2.19. The van der Waals surface area contributed by atoms with E-state index in [1.54, 1.807) is 6.07 Å². The number of thioether (sulfide) groups is 1. The summed E-state index contributed by atoms with van der Waals surface area (Å²) in [6.45, 7) is 1.34. The van der Waals surface area contributed by atoms with E-state index in [1.165, 1.54) is 56.6 Å². The molecule has 1 aromatic heterocycles. The molecule has 3 aromatic carbocycles. The zero-order valence-corrected chi connectivity index (χ0v) is 22.9. The number of para-hydroxylation sites is 2. The summed E-state index contributed by atoms with van der Waals surface area (Å²) >= 11 is 7.42. The van der Waals surface area contributed by atoms with Crippen LogP contribution in [-0.2, 0) is 19.7 Å². The summed E-state index contributed by atoms with van der Waals surface area (Å²) in [6, 6.07) is 15.5. The molecule has 0 saturated carbocycles. The van der Waals surface area contributed by atoms with Gasteiger partial charge in [-0.2, -0.15) is 13.5 Å². The Morgan fingerprint density at radius 3 is 2.59 bits per heavy atom. The monoisotopic (exact) mass is 588 g/mol. The van der Waals surface area contributed by atoms with E-state index < -0.39 is 16.0 Å². The van der Waals surface area contributed by atoms with E-state index in [9.17, 15) is 18.0 Å². The molecule has 0 saturated heterocycles. The summed E-state index contributed by atoms with van der Waals surface area (Å²) in [5.41, 5.74) is 4.55. The number of methoxy groups -OCH3 is 1. The van der Waals surface area contributed by atoms with Crippen LogP contribution in [0.15, 0.2) is 80.3 Å². The molecule has 0 spiro atoms. The molecule has 0 atom stereocenters. The summed E-state index contributed by atoms with van der Waals surface area (Å²) in [6.07, 6.45) is 1.31. The Balaban J connectivity index is 1.39. The third-order valence-electron chi connectivity index (χ3n) is 4.91. The van der Waals surface area contributed by atoms with Gasteiger partial charge in [0, 0.05) is 12.6 Å². The second kappa shape index (κ2) is 12.2. The van der Waals surface area contributed by atoms with Crippen molar-refractivity contribution in [1.82, 2.24) is 10.4 Å². The largest absolute Gasteiger partial charge is 0.493 e. The van der Waals surface area contributed by atoms with Crippen LogP contribution in [0.5, 0.6) is 11.5 Å². The third kappa shape index (κ3) is 7.28. The van der Waals surface area contributed by atoms with E-state index >= 15 is 0 Å². The van der Waals surface area contributed by atoms with Crippen molar-refractivity contribution < 1.29 is 31.3 Å². The van der Waals surface area contributed by atoms with Crippen LogP contribution in [0.3, 0.4) is 0 Å². The van der Waals surface area contributed by atoms with Gasteiger partial charge in [0.05, 0.1) is 24.1 Å². The van der Waals surface area contributed by atoms with Crippen LogP contribution >= 0.6 is 23.4 Å². The minimum atomic E-state index is -4.28. The minimum Gasteiger partial charge on any atom is -0.493 e. The number of anilines is 1. The van der Waals surface area contributed by atoms with Gasteiger partial charge in [-0.25, -0.2) is 10.4 Å². The fourth-order valence-electron chi connectivity index (χ4n) is 3.21. The van der Waals surface area contributed by atoms with Crippen LogP contribution in [0.2, 0.25) is 5.02 Å². The predicted molar refractivity (Wildman–Crippen MR) is 147 cm³/mol. The van der Waals surface area contributed by atoms with E-state index in [4.69, 9.17) is 24.9 Å². The van der Waals surface area contributed by atoms with Crippen molar-refractivity contribution in [3.05, 3.63) is 71.2 Å². The van der Waals surface area contributed by atoms with Gasteiger partial charge in [-0.05, 0) is 54.1 Å². The molecule has 1 heterocycles. The zero-order valence-electron chi connectivity index (χ0n) is 20.5. The van der Waals surface area contributed by atoms with E-state index in [2.05, 4.69) is 20.8 Å². The number of oxazole rings is 1. The Morgan fingerprint density at radius 2 is 1.90 bits per heavy atom. The number of carbonyl (C=O) groups excluding carboxylic acids is 2. The average molecular weight is 589 g/mol. The van der Waals surface area contributed by atoms with Crippen LogP contribution in [0.1, 0.15) is 12.5 Å². The average Bonchev–Trinajstić information content (AvgIpc) is 3.32. The highest BCUT2D eigenvalue weighted by Crippen LogP contribution is 2.38. The molecule has 0 unspecified atom stereocenters. The summed E-state index contributed by atoms with van der Waals surface area (Å²) in [4.78, 5) is 27.5. The molecule has 11 nitrogen and oxygen atoms in total. The Morgan fingerprint density at radius 1 is 1.15 bits per heavy atom. The van der Waals surface area contributed by atoms with Gasteiger partial charge in [-0.1, -0.05) is 35.5 Å². The van der Waals surface area contributed by atoms with Gasteiger partial charge in [0.2, 0.25) is 11.7 Å². The highest BCUT2D eigenvalue weighted by atomic mass is 35.5. The molecule has 0 aliphatic rings. The fraction of sp³-hybridized carbons (Fsp3) is 0.120. The van der Waals surface area contributed by atoms with Gasteiger partial charge in [0.25, 0.3) is 11.1 Å². The van der Waals surface area contributed by atoms with E-state index in [0.717, 1.165) is 11.8 Å². The van der Waals surface area contributed by atoms with Crippen LogP contribution in [0, 0.1) is 0 Å². The number of carbonyl (C=O) groups is 2. The first kappa shape index (κ1) is 28.0. The van der Waals surface area contributed by atoms with Crippen molar-refractivity contribution in [1.29, 1.82) is 0 Å². The molecule has 0 radical (unpaired) electrons. The van der Waals surface area contributed by atoms with Gasteiger partial charge < -0.3 is 18.7 Å². The first-order valence-corrected chi connectivity index (χ1v) is 13.9. The van der Waals surface area contributed by atoms with Gasteiger partial charge in [-0.15, -0.1) is 0 Å². The molecule has 2 amide bonds. The highest BCUT2D eigenvalue weighted by molar-refractivity contribution is 7.99. The van der Waals surface area contributed by atoms with Gasteiger partial charge in [0.15, 0.2) is 11.3 Å². The lowest BCUT2D eigenvalue weighted by molar-refractivity contribution is -0.118. The molecule has 14 heteroatoms. The van der Waals surface area contributed by atoms with E-state index in [0.29, 0.717) is 27.6 Å². The minimum absolute atomic E-state index is 0.0185. The summed E-state index contributed by atoms with van der Waals surface area (Å²) in [5, 5.41) is 6.75. The molecule has 0 aliphatic carbocycles. The number of aromatic nitrogens is 1. The molecule has 39 heavy (non-hydrogen) atoms. The maximum atomic E-state index is 12.8. The van der Waals surface area contributed by atoms with Crippen LogP contribution < -0.4 is 19.7 Å². The molecular weight excluding hydrogens is 568 g/mol. The number of hydrogen-bond donors (Lipinski definition) is 2. The van der Waals surface area contributed by atoms with E-state index in [-0.39, 0.29) is 33.1 Å². The number of nitrogens with zero attached hydrogens (tertiary/aromatic N) is 2.